The van der Waals surface area contributed by atoms with Crippen molar-refractivity contribution in [3.05, 3.63) is 29.6 Å². The second kappa shape index (κ2) is 9.45. The van der Waals surface area contributed by atoms with Crippen molar-refractivity contribution >= 4 is 29.9 Å². The normalized spacial score (nSPS) is 21.7. The predicted octanol–water partition coefficient (Wildman–Crippen LogP) is 3.99. The summed E-state index contributed by atoms with van der Waals surface area (Å²) >= 11 is 0. The molecule has 1 aliphatic heterocycles. The second-order valence-electron chi connectivity index (χ2n) is 6.76. The molecule has 0 saturated carbocycles. The number of piperidine rings is 1. The van der Waals surface area contributed by atoms with Gasteiger partial charge in [0.05, 0.1) is 12.2 Å². The Balaban J connectivity index is 0.00000264. The number of aliphatic imine (C=N–C) groups is 1. The lowest BCUT2D eigenvalue weighted by Gasteiger charge is -2.42. The van der Waals surface area contributed by atoms with E-state index >= 15 is 0 Å². The third-order valence-electron chi connectivity index (χ3n) is 4.52. The molecule has 23 heavy (non-hydrogen) atoms. The van der Waals surface area contributed by atoms with Crippen LogP contribution in [-0.4, -0.2) is 36.0 Å². The Hall–Kier alpha value is -0.850. The van der Waals surface area contributed by atoms with E-state index in [-0.39, 0.29) is 24.0 Å². The van der Waals surface area contributed by atoms with E-state index in [1.807, 2.05) is 20.0 Å². The summed E-state index contributed by atoms with van der Waals surface area (Å²) in [6, 6.07) is 6.14. The first-order chi connectivity index (χ1) is 10.6. The lowest BCUT2D eigenvalue weighted by atomic mass is 9.78. The van der Waals surface area contributed by atoms with Gasteiger partial charge in [0.2, 0.25) is 0 Å². The van der Waals surface area contributed by atoms with Crippen molar-refractivity contribution < 1.29 is 0 Å². The second-order valence-corrected chi connectivity index (χ2v) is 6.76. The van der Waals surface area contributed by atoms with E-state index in [0.717, 1.165) is 37.0 Å². The molecule has 1 aliphatic rings. The number of aryl methyl sites for hydroxylation is 1. The molecular weight excluding hydrogens is 399 g/mol. The molecule has 1 aromatic heterocycles. The molecule has 5 heteroatoms. The zero-order valence-electron chi connectivity index (χ0n) is 14.9. The Bertz CT molecular complexity index is 513. The highest BCUT2D eigenvalue weighted by Gasteiger charge is 2.31. The Morgan fingerprint density at radius 2 is 2.22 bits per heavy atom. The zero-order chi connectivity index (χ0) is 16.0. The minimum atomic E-state index is 0. The van der Waals surface area contributed by atoms with Crippen LogP contribution in [0.2, 0.25) is 0 Å². The fraction of sp³-hybridized carbons (Fsp3) is 0.667. The number of guanidine groups is 1. The van der Waals surface area contributed by atoms with Gasteiger partial charge in [-0.25, -0.2) is 0 Å². The average Bonchev–Trinajstić information content (AvgIpc) is 2.48. The van der Waals surface area contributed by atoms with Crippen LogP contribution < -0.4 is 5.32 Å². The van der Waals surface area contributed by atoms with Gasteiger partial charge in [-0.2, -0.15) is 0 Å². The summed E-state index contributed by atoms with van der Waals surface area (Å²) in [4.78, 5) is 11.4. The average molecular weight is 430 g/mol. The van der Waals surface area contributed by atoms with E-state index in [4.69, 9.17) is 0 Å². The number of hydrogen-bond donors (Lipinski definition) is 1. The molecule has 4 nitrogen and oxygen atoms in total. The summed E-state index contributed by atoms with van der Waals surface area (Å²) in [6.07, 6.45) is 5.12. The lowest BCUT2D eigenvalue weighted by Crippen LogP contribution is -2.49. The van der Waals surface area contributed by atoms with E-state index in [1.165, 1.54) is 25.7 Å². The Morgan fingerprint density at radius 1 is 1.43 bits per heavy atom. The van der Waals surface area contributed by atoms with Crippen molar-refractivity contribution in [1.82, 2.24) is 15.2 Å². The van der Waals surface area contributed by atoms with Crippen molar-refractivity contribution in [1.29, 1.82) is 0 Å². The van der Waals surface area contributed by atoms with Gasteiger partial charge in [-0.3, -0.25) is 9.98 Å². The maximum atomic E-state index is 4.55. The van der Waals surface area contributed by atoms with Crippen LogP contribution in [-0.2, 0) is 6.54 Å². The van der Waals surface area contributed by atoms with Gasteiger partial charge < -0.3 is 10.2 Å². The quantitative estimate of drug-likeness (QED) is 0.446. The van der Waals surface area contributed by atoms with Crippen molar-refractivity contribution in [2.24, 2.45) is 10.4 Å². The maximum absolute atomic E-state index is 4.55. The van der Waals surface area contributed by atoms with Crippen LogP contribution in [0.4, 0.5) is 0 Å². The molecule has 1 atom stereocenters. The van der Waals surface area contributed by atoms with E-state index < -0.39 is 0 Å². The van der Waals surface area contributed by atoms with E-state index in [1.54, 1.807) is 0 Å². The Morgan fingerprint density at radius 3 is 2.87 bits per heavy atom. The molecule has 1 N–H and O–H groups in total. The topological polar surface area (TPSA) is 40.5 Å². The first kappa shape index (κ1) is 20.2. The SMILES string of the molecule is CCCC1(C)CCCN(C(=NC)NCc2cccc(C)n2)C1.I. The molecule has 1 unspecified atom stereocenters. The third kappa shape index (κ3) is 5.94. The van der Waals surface area contributed by atoms with Crippen LogP contribution in [0, 0.1) is 12.3 Å². The highest BCUT2D eigenvalue weighted by atomic mass is 127. The van der Waals surface area contributed by atoms with Gasteiger partial charge in [0.15, 0.2) is 5.96 Å². The van der Waals surface area contributed by atoms with Gasteiger partial charge in [-0.15, -0.1) is 24.0 Å². The van der Waals surface area contributed by atoms with Crippen LogP contribution in [0.15, 0.2) is 23.2 Å². The summed E-state index contributed by atoms with van der Waals surface area (Å²) in [6.45, 7) is 9.65. The molecule has 0 radical (unpaired) electrons. The molecule has 0 amide bonds. The number of likely N-dealkylation sites (tertiary alicyclic amines) is 1. The number of nitrogens with one attached hydrogen (secondary N) is 1. The van der Waals surface area contributed by atoms with Crippen LogP contribution in [0.25, 0.3) is 0 Å². The standard InChI is InChI=1S/C18H30N4.HI/c1-5-10-18(3)11-7-12-22(14-18)17(19-4)20-13-16-9-6-8-15(2)21-16;/h6,8-9H,5,7,10-14H2,1-4H3,(H,19,20);1H. The summed E-state index contributed by atoms with van der Waals surface area (Å²) in [7, 11) is 1.87. The van der Waals surface area contributed by atoms with Gasteiger partial charge in [0, 0.05) is 25.8 Å². The highest BCUT2D eigenvalue weighted by Crippen LogP contribution is 2.33. The minimum Gasteiger partial charge on any atom is -0.351 e. The molecule has 0 aromatic carbocycles. The molecule has 1 saturated heterocycles. The van der Waals surface area contributed by atoms with Crippen molar-refractivity contribution in [2.75, 3.05) is 20.1 Å². The molecule has 0 bridgehead atoms. The molecule has 1 aromatic rings. The van der Waals surface area contributed by atoms with E-state index in [0.29, 0.717) is 5.41 Å². The summed E-state index contributed by atoms with van der Waals surface area (Å²) < 4.78 is 0. The molecule has 1 fully saturated rings. The van der Waals surface area contributed by atoms with Gasteiger partial charge in [0.1, 0.15) is 0 Å². The van der Waals surface area contributed by atoms with Crippen LogP contribution in [0.1, 0.15) is 50.9 Å². The van der Waals surface area contributed by atoms with Gasteiger partial charge in [-0.05, 0) is 43.7 Å². The maximum Gasteiger partial charge on any atom is 0.193 e. The molecule has 2 heterocycles. The van der Waals surface area contributed by atoms with Crippen molar-refractivity contribution in [3.63, 3.8) is 0 Å². The number of aromatic nitrogens is 1. The molecule has 0 aliphatic carbocycles. The lowest BCUT2D eigenvalue weighted by molar-refractivity contribution is 0.142. The molecule has 2 rings (SSSR count). The highest BCUT2D eigenvalue weighted by molar-refractivity contribution is 14.0. The minimum absolute atomic E-state index is 0. The number of halogens is 1. The largest absolute Gasteiger partial charge is 0.351 e. The first-order valence-electron chi connectivity index (χ1n) is 8.44. The fourth-order valence-corrected chi connectivity index (χ4v) is 3.50. The summed E-state index contributed by atoms with van der Waals surface area (Å²) in [5.74, 6) is 1.00. The predicted molar refractivity (Wildman–Crippen MR) is 108 cm³/mol. The van der Waals surface area contributed by atoms with Gasteiger partial charge >= 0.3 is 0 Å². The van der Waals surface area contributed by atoms with Crippen LogP contribution in [0.5, 0.6) is 0 Å². The van der Waals surface area contributed by atoms with Crippen LogP contribution >= 0.6 is 24.0 Å². The third-order valence-corrected chi connectivity index (χ3v) is 4.52. The monoisotopic (exact) mass is 430 g/mol. The number of rotatable bonds is 4. The van der Waals surface area contributed by atoms with Crippen LogP contribution in [0.3, 0.4) is 0 Å². The first-order valence-corrected chi connectivity index (χ1v) is 8.44. The zero-order valence-corrected chi connectivity index (χ0v) is 17.3. The molecule has 130 valence electrons. The fourth-order valence-electron chi connectivity index (χ4n) is 3.50. The van der Waals surface area contributed by atoms with Crippen molar-refractivity contribution in [3.8, 4) is 0 Å². The van der Waals surface area contributed by atoms with Gasteiger partial charge in [0.25, 0.3) is 0 Å². The Labute approximate surface area is 158 Å². The van der Waals surface area contributed by atoms with Gasteiger partial charge in [-0.1, -0.05) is 26.3 Å². The van der Waals surface area contributed by atoms with E-state index in [2.05, 4.69) is 46.2 Å². The summed E-state index contributed by atoms with van der Waals surface area (Å²) in [5, 5.41) is 3.48. The van der Waals surface area contributed by atoms with Crippen molar-refractivity contribution in [2.45, 2.75) is 53.0 Å². The van der Waals surface area contributed by atoms with E-state index in [9.17, 15) is 0 Å². The smallest absolute Gasteiger partial charge is 0.193 e. The number of pyridine rings is 1. The molecule has 0 spiro atoms. The molecular formula is C18H31IN4. The number of nitrogens with zero attached hydrogens (tertiary/aromatic N) is 3. The Kier molecular flexibility index (Phi) is 8.29. The summed E-state index contributed by atoms with van der Waals surface area (Å²) in [5.41, 5.74) is 2.55. The number of hydrogen-bond acceptors (Lipinski definition) is 2.